The predicted molar refractivity (Wildman–Crippen MR) is 90.3 cm³/mol. The molecular weight excluding hydrogens is 331 g/mol. The lowest BCUT2D eigenvalue weighted by molar-refractivity contribution is -0.387. The molecule has 0 aliphatic carbocycles. The summed E-state index contributed by atoms with van der Waals surface area (Å²) in [7, 11) is 3.02. The Balaban J connectivity index is 2.11. The summed E-state index contributed by atoms with van der Waals surface area (Å²) in [6.07, 6.45) is 2.78. The average Bonchev–Trinajstić information content (AvgIpc) is 2.61. The Hall–Kier alpha value is -3.42. The smallest absolute Gasteiger partial charge is 0.306 e. The van der Waals surface area contributed by atoms with E-state index in [4.69, 9.17) is 9.47 Å². The number of anilines is 1. The highest BCUT2D eigenvalue weighted by Crippen LogP contribution is 2.28. The van der Waals surface area contributed by atoms with Gasteiger partial charge in [-0.1, -0.05) is 6.07 Å². The van der Waals surface area contributed by atoms with Crippen LogP contribution in [0.25, 0.3) is 6.08 Å². The molecule has 0 aliphatic heterocycles. The Labute approximate surface area is 142 Å². The van der Waals surface area contributed by atoms with Gasteiger partial charge in [0.05, 0.1) is 19.1 Å². The van der Waals surface area contributed by atoms with E-state index in [0.717, 1.165) is 12.1 Å². The van der Waals surface area contributed by atoms with Gasteiger partial charge in [-0.05, 0) is 35.9 Å². The Kier molecular flexibility index (Phi) is 5.67. The molecule has 130 valence electrons. The zero-order valence-electron chi connectivity index (χ0n) is 13.5. The first-order chi connectivity index (χ1) is 11.9. The molecule has 1 amide bonds. The number of carbonyl (C=O) groups is 1. The minimum Gasteiger partial charge on any atom is -0.493 e. The highest BCUT2D eigenvalue weighted by molar-refractivity contribution is 6.02. The lowest BCUT2D eigenvalue weighted by Gasteiger charge is -2.07. The Bertz CT molecular complexity index is 836. The lowest BCUT2D eigenvalue weighted by Crippen LogP contribution is -2.08. The van der Waals surface area contributed by atoms with Gasteiger partial charge in [0.2, 0.25) is 11.7 Å². The molecule has 2 aromatic rings. The quantitative estimate of drug-likeness (QED) is 0.492. The number of halogens is 1. The summed E-state index contributed by atoms with van der Waals surface area (Å²) in [6, 6.07) is 8.23. The van der Waals surface area contributed by atoms with E-state index in [2.05, 4.69) is 5.32 Å². The fourth-order valence-electron chi connectivity index (χ4n) is 2.04. The molecule has 0 fully saturated rings. The van der Waals surface area contributed by atoms with Crippen LogP contribution < -0.4 is 14.8 Å². The number of hydrogen-bond acceptors (Lipinski definition) is 5. The SMILES string of the molecule is COc1ccc(/C=C/C(=O)Nc2ccc(F)c([N+](=O)[O-])c2)cc1OC. The summed E-state index contributed by atoms with van der Waals surface area (Å²) in [6.45, 7) is 0. The fourth-order valence-corrected chi connectivity index (χ4v) is 2.04. The standard InChI is InChI=1S/C17H15FN2O5/c1-24-15-7-3-11(9-16(15)25-2)4-8-17(21)19-12-5-6-13(18)14(10-12)20(22)23/h3-10H,1-2H3,(H,19,21)/b8-4+. The summed E-state index contributed by atoms with van der Waals surface area (Å²) < 4.78 is 23.6. The molecule has 25 heavy (non-hydrogen) atoms. The molecule has 8 heteroatoms. The fraction of sp³-hybridized carbons (Fsp3) is 0.118. The number of nitro benzene ring substituents is 1. The van der Waals surface area contributed by atoms with Crippen LogP contribution in [0.15, 0.2) is 42.5 Å². The first-order valence-electron chi connectivity index (χ1n) is 7.09. The third-order valence-electron chi connectivity index (χ3n) is 3.25. The topological polar surface area (TPSA) is 90.7 Å². The van der Waals surface area contributed by atoms with Crippen molar-refractivity contribution in [2.75, 3.05) is 19.5 Å². The van der Waals surface area contributed by atoms with Crippen LogP contribution in [0.3, 0.4) is 0 Å². The van der Waals surface area contributed by atoms with Gasteiger partial charge in [0, 0.05) is 17.8 Å². The van der Waals surface area contributed by atoms with E-state index in [9.17, 15) is 19.3 Å². The van der Waals surface area contributed by atoms with Gasteiger partial charge in [0.25, 0.3) is 0 Å². The number of benzene rings is 2. The van der Waals surface area contributed by atoms with Crippen molar-refractivity contribution in [1.82, 2.24) is 0 Å². The van der Waals surface area contributed by atoms with Crippen molar-refractivity contribution >= 4 is 23.4 Å². The number of rotatable bonds is 6. The van der Waals surface area contributed by atoms with Crippen molar-refractivity contribution in [3.05, 3.63) is 64.0 Å². The number of hydrogen-bond donors (Lipinski definition) is 1. The molecule has 0 atom stereocenters. The molecule has 0 bridgehead atoms. The second-order valence-corrected chi connectivity index (χ2v) is 4.86. The number of nitro groups is 1. The lowest BCUT2D eigenvalue weighted by atomic mass is 10.2. The van der Waals surface area contributed by atoms with Gasteiger partial charge in [0.15, 0.2) is 11.5 Å². The number of nitrogens with one attached hydrogen (secondary N) is 1. The monoisotopic (exact) mass is 346 g/mol. The van der Waals surface area contributed by atoms with Gasteiger partial charge in [-0.25, -0.2) is 0 Å². The second kappa shape index (κ2) is 7.91. The zero-order chi connectivity index (χ0) is 18.4. The molecule has 0 heterocycles. The maximum Gasteiger partial charge on any atom is 0.306 e. The molecule has 0 spiro atoms. The average molecular weight is 346 g/mol. The number of carbonyl (C=O) groups excluding carboxylic acids is 1. The third-order valence-corrected chi connectivity index (χ3v) is 3.25. The van der Waals surface area contributed by atoms with Crippen LogP contribution in [-0.4, -0.2) is 25.1 Å². The van der Waals surface area contributed by atoms with Crippen LogP contribution >= 0.6 is 0 Å². The van der Waals surface area contributed by atoms with E-state index < -0.39 is 22.3 Å². The largest absolute Gasteiger partial charge is 0.493 e. The highest BCUT2D eigenvalue weighted by atomic mass is 19.1. The first kappa shape index (κ1) is 17.9. The van der Waals surface area contributed by atoms with Crippen LogP contribution in [0.2, 0.25) is 0 Å². The van der Waals surface area contributed by atoms with E-state index in [1.807, 2.05) is 0 Å². The molecule has 0 aromatic heterocycles. The number of methoxy groups -OCH3 is 2. The van der Waals surface area contributed by atoms with E-state index in [0.29, 0.717) is 17.1 Å². The van der Waals surface area contributed by atoms with Crippen molar-refractivity contribution < 1.29 is 23.6 Å². The molecule has 1 N–H and O–H groups in total. The molecule has 2 rings (SSSR count). The normalized spacial score (nSPS) is 10.5. The number of nitrogens with zero attached hydrogens (tertiary/aromatic N) is 1. The molecule has 0 saturated carbocycles. The number of ether oxygens (including phenoxy) is 2. The van der Waals surface area contributed by atoms with Crippen LogP contribution in [-0.2, 0) is 4.79 Å². The van der Waals surface area contributed by atoms with E-state index in [-0.39, 0.29) is 5.69 Å². The molecule has 0 radical (unpaired) electrons. The van der Waals surface area contributed by atoms with Crippen molar-refractivity contribution in [3.63, 3.8) is 0 Å². The van der Waals surface area contributed by atoms with Gasteiger partial charge in [-0.15, -0.1) is 0 Å². The van der Waals surface area contributed by atoms with Crippen molar-refractivity contribution in [1.29, 1.82) is 0 Å². The Morgan fingerprint density at radius 3 is 2.52 bits per heavy atom. The summed E-state index contributed by atoms with van der Waals surface area (Å²) in [4.78, 5) is 21.8. The van der Waals surface area contributed by atoms with E-state index in [1.165, 1.54) is 32.4 Å². The van der Waals surface area contributed by atoms with Gasteiger partial charge in [-0.2, -0.15) is 4.39 Å². The van der Waals surface area contributed by atoms with Gasteiger partial charge in [0.1, 0.15) is 0 Å². The minimum absolute atomic E-state index is 0.120. The number of amides is 1. The summed E-state index contributed by atoms with van der Waals surface area (Å²) in [5, 5.41) is 13.1. The van der Waals surface area contributed by atoms with Crippen LogP contribution in [0, 0.1) is 15.9 Å². The minimum atomic E-state index is -0.969. The first-order valence-corrected chi connectivity index (χ1v) is 7.09. The van der Waals surface area contributed by atoms with Crippen molar-refractivity contribution in [3.8, 4) is 11.5 Å². The van der Waals surface area contributed by atoms with E-state index in [1.54, 1.807) is 18.2 Å². The summed E-state index contributed by atoms with van der Waals surface area (Å²) >= 11 is 0. The van der Waals surface area contributed by atoms with Gasteiger partial charge in [-0.3, -0.25) is 14.9 Å². The molecule has 0 unspecified atom stereocenters. The van der Waals surface area contributed by atoms with Crippen LogP contribution in [0.1, 0.15) is 5.56 Å². The molecule has 0 aliphatic rings. The van der Waals surface area contributed by atoms with Crippen molar-refractivity contribution in [2.24, 2.45) is 0 Å². The maximum atomic E-state index is 13.3. The van der Waals surface area contributed by atoms with Gasteiger partial charge < -0.3 is 14.8 Å². The predicted octanol–water partition coefficient (Wildman–Crippen LogP) is 3.40. The molecule has 7 nitrogen and oxygen atoms in total. The van der Waals surface area contributed by atoms with Gasteiger partial charge >= 0.3 is 5.69 Å². The highest BCUT2D eigenvalue weighted by Gasteiger charge is 2.14. The maximum absolute atomic E-state index is 13.3. The van der Waals surface area contributed by atoms with Crippen molar-refractivity contribution in [2.45, 2.75) is 0 Å². The summed E-state index contributed by atoms with van der Waals surface area (Å²) in [5.41, 5.74) is 0.106. The Morgan fingerprint density at radius 1 is 1.16 bits per heavy atom. The van der Waals surface area contributed by atoms with E-state index >= 15 is 0 Å². The summed E-state index contributed by atoms with van der Waals surface area (Å²) in [5.74, 6) is -0.415. The zero-order valence-corrected chi connectivity index (χ0v) is 13.5. The van der Waals surface area contributed by atoms with Crippen LogP contribution in [0.5, 0.6) is 11.5 Å². The molecular formula is C17H15FN2O5. The third kappa shape index (κ3) is 4.54. The molecule has 0 saturated heterocycles. The van der Waals surface area contributed by atoms with Crippen LogP contribution in [0.4, 0.5) is 15.8 Å². The molecule has 2 aromatic carbocycles. The second-order valence-electron chi connectivity index (χ2n) is 4.86. The Morgan fingerprint density at radius 2 is 1.88 bits per heavy atom.